The smallest absolute Gasteiger partial charge is 0.263 e. The zero-order valence-corrected chi connectivity index (χ0v) is 24.3. The molecule has 0 saturated carbocycles. The van der Waals surface area contributed by atoms with Crippen LogP contribution in [-0.4, -0.2) is 70.8 Å². The Bertz CT molecular complexity index is 1370. The van der Waals surface area contributed by atoms with E-state index < -0.39 is 6.04 Å². The zero-order chi connectivity index (χ0) is 28.0. The summed E-state index contributed by atoms with van der Waals surface area (Å²) in [7, 11) is 3.28. The lowest BCUT2D eigenvalue weighted by Crippen LogP contribution is -2.61. The number of allylic oxidation sites excluding steroid dienone is 1. The maximum atomic E-state index is 14.1. The molecule has 3 atom stereocenters. The first-order valence-corrected chi connectivity index (χ1v) is 14.2. The molecule has 3 aliphatic rings. The van der Waals surface area contributed by atoms with Gasteiger partial charge in [-0.15, -0.1) is 0 Å². The van der Waals surface area contributed by atoms with Crippen LogP contribution in [0.15, 0.2) is 64.1 Å². The molecule has 5 rings (SSSR count). The Kier molecular flexibility index (Phi) is 7.68. The molecule has 2 aromatic rings. The molecule has 0 radical (unpaired) electrons. The lowest BCUT2D eigenvalue weighted by atomic mass is 9.92. The molecule has 1 N–H and O–H groups in total. The number of nitrogens with one attached hydrogen (secondary N) is 1. The number of aliphatic imine (C=N–C) groups is 1. The number of fused-ring (bicyclic) bond motifs is 1. The van der Waals surface area contributed by atoms with E-state index in [0.717, 1.165) is 16.8 Å². The Morgan fingerprint density at radius 2 is 1.62 bits per heavy atom. The molecule has 11 heteroatoms. The van der Waals surface area contributed by atoms with Gasteiger partial charge in [0.15, 0.2) is 5.17 Å². The average molecular weight is 587 g/mol. The first-order valence-electron chi connectivity index (χ1n) is 12.7. The predicted octanol–water partition coefficient (Wildman–Crippen LogP) is 4.48. The van der Waals surface area contributed by atoms with Gasteiger partial charge in [-0.3, -0.25) is 19.4 Å². The average Bonchev–Trinajstić information content (AvgIpc) is 3.45. The maximum Gasteiger partial charge on any atom is 0.263 e. The Morgan fingerprint density at radius 3 is 2.18 bits per heavy atom. The maximum absolute atomic E-state index is 14.1. The van der Waals surface area contributed by atoms with E-state index in [2.05, 4.69) is 10.2 Å². The SMILES string of the molecule is CC(C)C1=C(C(=O)N2CC(=O)NC[C@H]2C(=O)N(C)C)SC2=N[C@@H](c3ccc(Cl)cc3)[C@@H](c3ccc(Cl)cc3)N21. The van der Waals surface area contributed by atoms with Gasteiger partial charge in [-0.05, 0) is 53.1 Å². The number of carbonyl (C=O) groups is 3. The molecule has 0 aliphatic carbocycles. The molecule has 1 saturated heterocycles. The van der Waals surface area contributed by atoms with Gasteiger partial charge in [0.05, 0.1) is 6.04 Å². The molecule has 3 amide bonds. The van der Waals surface area contributed by atoms with Crippen LogP contribution in [0.2, 0.25) is 10.0 Å². The van der Waals surface area contributed by atoms with Crippen LogP contribution in [0, 0.1) is 5.92 Å². The van der Waals surface area contributed by atoms with Crippen LogP contribution in [-0.2, 0) is 14.4 Å². The summed E-state index contributed by atoms with van der Waals surface area (Å²) in [4.78, 5) is 49.9. The highest BCUT2D eigenvalue weighted by Crippen LogP contribution is 2.53. The number of thioether (sulfide) groups is 1. The number of hydrogen-bond donors (Lipinski definition) is 1. The van der Waals surface area contributed by atoms with Crippen molar-refractivity contribution in [3.05, 3.63) is 80.3 Å². The quantitative estimate of drug-likeness (QED) is 0.559. The summed E-state index contributed by atoms with van der Waals surface area (Å²) >= 11 is 13.7. The van der Waals surface area contributed by atoms with Crippen molar-refractivity contribution in [2.45, 2.75) is 32.0 Å². The minimum absolute atomic E-state index is 0.0375. The van der Waals surface area contributed by atoms with E-state index in [1.807, 2.05) is 62.4 Å². The molecule has 39 heavy (non-hydrogen) atoms. The van der Waals surface area contributed by atoms with E-state index in [1.165, 1.54) is 21.6 Å². The molecular weight excluding hydrogens is 557 g/mol. The predicted molar refractivity (Wildman–Crippen MR) is 154 cm³/mol. The Morgan fingerprint density at radius 1 is 1.03 bits per heavy atom. The van der Waals surface area contributed by atoms with Crippen LogP contribution in [0.3, 0.4) is 0 Å². The fraction of sp³-hybridized carbons (Fsp3) is 0.357. The third-order valence-corrected chi connectivity index (χ3v) is 8.63. The lowest BCUT2D eigenvalue weighted by Gasteiger charge is -2.36. The number of benzene rings is 2. The molecule has 3 aliphatic heterocycles. The third-order valence-electron chi connectivity index (χ3n) is 7.05. The summed E-state index contributed by atoms with van der Waals surface area (Å²) in [5.74, 6) is -0.906. The van der Waals surface area contributed by atoms with E-state index in [0.29, 0.717) is 20.1 Å². The van der Waals surface area contributed by atoms with Crippen molar-refractivity contribution < 1.29 is 14.4 Å². The molecular formula is C28H29Cl2N5O3S. The van der Waals surface area contributed by atoms with Crippen molar-refractivity contribution in [3.8, 4) is 0 Å². The summed E-state index contributed by atoms with van der Waals surface area (Å²) in [5, 5.41) is 4.70. The lowest BCUT2D eigenvalue weighted by molar-refractivity contribution is -0.147. The van der Waals surface area contributed by atoms with Crippen molar-refractivity contribution in [2.75, 3.05) is 27.2 Å². The van der Waals surface area contributed by atoms with Crippen molar-refractivity contribution >= 4 is 57.9 Å². The molecule has 0 bridgehead atoms. The van der Waals surface area contributed by atoms with Gasteiger partial charge in [-0.2, -0.15) is 0 Å². The van der Waals surface area contributed by atoms with Crippen LogP contribution in [0.5, 0.6) is 0 Å². The summed E-state index contributed by atoms with van der Waals surface area (Å²) in [6.45, 7) is 3.96. The van der Waals surface area contributed by atoms with Crippen molar-refractivity contribution in [1.82, 2.24) is 20.0 Å². The first kappa shape index (κ1) is 27.6. The van der Waals surface area contributed by atoms with Crippen molar-refractivity contribution in [2.24, 2.45) is 10.9 Å². The number of hydrogen-bond acceptors (Lipinski definition) is 6. The second kappa shape index (κ2) is 10.9. The van der Waals surface area contributed by atoms with Gasteiger partial charge >= 0.3 is 0 Å². The third kappa shape index (κ3) is 5.15. The van der Waals surface area contributed by atoms with Crippen LogP contribution in [0.4, 0.5) is 0 Å². The van der Waals surface area contributed by atoms with Gasteiger partial charge in [0.25, 0.3) is 5.91 Å². The van der Waals surface area contributed by atoms with Crippen LogP contribution in [0.1, 0.15) is 37.1 Å². The topological polar surface area (TPSA) is 85.3 Å². The van der Waals surface area contributed by atoms with E-state index in [1.54, 1.807) is 14.1 Å². The molecule has 2 aromatic carbocycles. The highest BCUT2D eigenvalue weighted by molar-refractivity contribution is 8.18. The van der Waals surface area contributed by atoms with Crippen molar-refractivity contribution in [3.63, 3.8) is 0 Å². The number of piperazine rings is 1. The number of likely N-dealkylation sites (N-methyl/N-ethyl adjacent to an activating group) is 1. The van der Waals surface area contributed by atoms with Gasteiger partial charge in [-0.1, -0.05) is 61.3 Å². The van der Waals surface area contributed by atoms with Crippen LogP contribution in [0.25, 0.3) is 0 Å². The second-order valence-corrected chi connectivity index (χ2v) is 12.1. The fourth-order valence-corrected chi connectivity index (χ4v) is 6.75. The van der Waals surface area contributed by atoms with Crippen LogP contribution >= 0.6 is 35.0 Å². The van der Waals surface area contributed by atoms with Gasteiger partial charge in [0.2, 0.25) is 11.8 Å². The second-order valence-electron chi connectivity index (χ2n) is 10.2. The monoisotopic (exact) mass is 585 g/mol. The van der Waals surface area contributed by atoms with E-state index in [-0.39, 0.29) is 48.8 Å². The van der Waals surface area contributed by atoms with Crippen molar-refractivity contribution in [1.29, 1.82) is 0 Å². The number of nitrogens with zero attached hydrogens (tertiary/aromatic N) is 4. The minimum Gasteiger partial charge on any atom is -0.352 e. The summed E-state index contributed by atoms with van der Waals surface area (Å²) in [6.07, 6.45) is 0. The van der Waals surface area contributed by atoms with Crippen LogP contribution < -0.4 is 5.32 Å². The molecule has 8 nitrogen and oxygen atoms in total. The number of carbonyl (C=O) groups excluding carboxylic acids is 3. The molecule has 3 heterocycles. The zero-order valence-electron chi connectivity index (χ0n) is 22.0. The highest BCUT2D eigenvalue weighted by Gasteiger charge is 2.49. The van der Waals surface area contributed by atoms with Gasteiger partial charge in [0.1, 0.15) is 23.5 Å². The van der Waals surface area contributed by atoms with Gasteiger partial charge in [-0.25, -0.2) is 0 Å². The Hall–Kier alpha value is -3.01. The highest BCUT2D eigenvalue weighted by atomic mass is 35.5. The number of amidine groups is 1. The summed E-state index contributed by atoms with van der Waals surface area (Å²) in [6, 6.07) is 14.1. The summed E-state index contributed by atoms with van der Waals surface area (Å²) < 4.78 is 0. The van der Waals surface area contributed by atoms with E-state index in [4.69, 9.17) is 28.2 Å². The normalized spacial score (nSPS) is 22.7. The fourth-order valence-electron chi connectivity index (χ4n) is 5.20. The minimum atomic E-state index is -0.780. The Labute approximate surface area is 242 Å². The van der Waals surface area contributed by atoms with E-state index in [9.17, 15) is 14.4 Å². The number of amides is 3. The molecule has 204 valence electrons. The number of rotatable bonds is 5. The van der Waals surface area contributed by atoms with Gasteiger partial charge in [0, 0.05) is 36.4 Å². The van der Waals surface area contributed by atoms with E-state index >= 15 is 0 Å². The number of halogens is 2. The molecule has 1 fully saturated rings. The first-order chi connectivity index (χ1) is 18.6. The largest absolute Gasteiger partial charge is 0.352 e. The molecule has 0 spiro atoms. The van der Waals surface area contributed by atoms with Gasteiger partial charge < -0.3 is 20.0 Å². The Balaban J connectivity index is 1.58. The summed E-state index contributed by atoms with van der Waals surface area (Å²) in [5.41, 5.74) is 2.83. The molecule has 0 aromatic heterocycles. The molecule has 0 unspecified atom stereocenters. The standard InChI is InChI=1S/C28H29Cl2N5O3S/c1-15(2)23-25(27(38)34-14-21(36)31-13-20(34)26(37)33(3)4)39-28-32-22(16-5-9-18(29)10-6-16)24(35(23)28)17-7-11-19(30)12-8-17/h5-12,15,20,22,24H,13-14H2,1-4H3,(H,31,36)/t20-,22-,24+/m0/s1.